The Bertz CT molecular complexity index is 792. The lowest BCUT2D eigenvalue weighted by Gasteiger charge is -2.42. The van der Waals surface area contributed by atoms with Crippen molar-refractivity contribution in [3.8, 4) is 0 Å². The van der Waals surface area contributed by atoms with E-state index >= 15 is 0 Å². The van der Waals surface area contributed by atoms with Gasteiger partial charge in [0.2, 0.25) is 0 Å². The highest BCUT2D eigenvalue weighted by Gasteiger charge is 2.38. The van der Waals surface area contributed by atoms with E-state index < -0.39 is 5.60 Å². The maximum absolute atomic E-state index is 12.9. The van der Waals surface area contributed by atoms with Crippen LogP contribution in [-0.4, -0.2) is 66.9 Å². The number of pyridine rings is 1. The number of aromatic nitrogens is 1. The fourth-order valence-electron chi connectivity index (χ4n) is 3.43. The van der Waals surface area contributed by atoms with Gasteiger partial charge in [-0.1, -0.05) is 29.8 Å². The maximum Gasteiger partial charge on any atom is 0.255 e. The van der Waals surface area contributed by atoms with Gasteiger partial charge in [-0.25, -0.2) is 4.98 Å². The fourth-order valence-corrected chi connectivity index (χ4v) is 3.43. The fraction of sp³-hybridized carbons (Fsp3) is 0.429. The molecule has 2 heterocycles. The van der Waals surface area contributed by atoms with E-state index in [-0.39, 0.29) is 12.5 Å². The third kappa shape index (κ3) is 4.46. The zero-order valence-electron chi connectivity index (χ0n) is 16.2. The number of hydrogen-bond donors (Lipinski definition) is 1. The first kappa shape index (κ1) is 19.3. The summed E-state index contributed by atoms with van der Waals surface area (Å²) >= 11 is 0. The average molecular weight is 369 g/mol. The van der Waals surface area contributed by atoms with Gasteiger partial charge in [-0.15, -0.1) is 0 Å². The minimum absolute atomic E-state index is 0.0850. The van der Waals surface area contributed by atoms with Gasteiger partial charge in [-0.3, -0.25) is 4.79 Å². The van der Waals surface area contributed by atoms with Crippen molar-refractivity contribution >= 4 is 11.7 Å². The second-order valence-corrected chi connectivity index (χ2v) is 7.38. The molecule has 1 aromatic carbocycles. The number of aliphatic hydroxyl groups is 1. The molecule has 6 heteroatoms. The molecule has 0 radical (unpaired) electrons. The number of hydrogen-bond acceptors (Lipinski definition) is 5. The first-order valence-corrected chi connectivity index (χ1v) is 9.15. The maximum atomic E-state index is 12.9. The molecule has 0 aliphatic carbocycles. The molecular formula is C21H27N3O3. The number of morpholine rings is 1. The molecular weight excluding hydrogens is 342 g/mol. The smallest absolute Gasteiger partial charge is 0.255 e. The third-order valence-corrected chi connectivity index (χ3v) is 4.89. The average Bonchev–Trinajstić information content (AvgIpc) is 2.67. The Morgan fingerprint density at radius 2 is 2.15 bits per heavy atom. The predicted molar refractivity (Wildman–Crippen MR) is 105 cm³/mol. The second-order valence-electron chi connectivity index (χ2n) is 7.38. The minimum Gasteiger partial charge on any atom is -0.393 e. The normalized spacial score (nSPS) is 19.8. The summed E-state index contributed by atoms with van der Waals surface area (Å²) in [6.07, 6.45) is 2.17. The molecule has 0 unspecified atom stereocenters. The van der Waals surface area contributed by atoms with E-state index in [4.69, 9.17) is 4.74 Å². The number of anilines is 1. The van der Waals surface area contributed by atoms with Crippen LogP contribution in [0, 0.1) is 6.92 Å². The second kappa shape index (κ2) is 8.06. The molecule has 6 nitrogen and oxygen atoms in total. The van der Waals surface area contributed by atoms with Crippen molar-refractivity contribution in [1.82, 2.24) is 9.88 Å². The molecule has 1 aliphatic rings. The van der Waals surface area contributed by atoms with Gasteiger partial charge in [0.05, 0.1) is 25.3 Å². The molecule has 1 fully saturated rings. The monoisotopic (exact) mass is 369 g/mol. The number of ether oxygens (including phenoxy) is 1. The Labute approximate surface area is 160 Å². The molecule has 1 N–H and O–H groups in total. The van der Waals surface area contributed by atoms with Gasteiger partial charge in [-0.2, -0.15) is 0 Å². The van der Waals surface area contributed by atoms with Crippen molar-refractivity contribution in [3.63, 3.8) is 0 Å². The number of benzene rings is 1. The van der Waals surface area contributed by atoms with E-state index in [1.165, 1.54) is 0 Å². The van der Waals surface area contributed by atoms with Crippen LogP contribution in [0.15, 0.2) is 42.6 Å². The molecule has 1 aliphatic heterocycles. The number of amides is 1. The van der Waals surface area contributed by atoms with Crippen LogP contribution >= 0.6 is 0 Å². The lowest BCUT2D eigenvalue weighted by Crippen LogP contribution is -2.56. The van der Waals surface area contributed by atoms with Crippen molar-refractivity contribution in [1.29, 1.82) is 0 Å². The zero-order chi connectivity index (χ0) is 19.4. The van der Waals surface area contributed by atoms with Crippen LogP contribution in [0.2, 0.25) is 0 Å². The molecule has 1 saturated heterocycles. The summed E-state index contributed by atoms with van der Waals surface area (Å²) < 4.78 is 5.96. The minimum atomic E-state index is -0.779. The Morgan fingerprint density at radius 3 is 2.78 bits per heavy atom. The summed E-state index contributed by atoms with van der Waals surface area (Å²) in [4.78, 5) is 20.9. The summed E-state index contributed by atoms with van der Waals surface area (Å²) in [5.41, 5.74) is 2.02. The largest absolute Gasteiger partial charge is 0.393 e. The summed E-state index contributed by atoms with van der Waals surface area (Å²) in [6.45, 7) is 3.16. The van der Waals surface area contributed by atoms with Crippen molar-refractivity contribution in [2.45, 2.75) is 18.9 Å². The van der Waals surface area contributed by atoms with Crippen LogP contribution in [-0.2, 0) is 11.2 Å². The molecule has 1 amide bonds. The molecule has 3 rings (SSSR count). The van der Waals surface area contributed by atoms with Crippen LogP contribution in [0.4, 0.5) is 5.82 Å². The molecule has 0 bridgehead atoms. The zero-order valence-corrected chi connectivity index (χ0v) is 16.2. The van der Waals surface area contributed by atoms with E-state index in [9.17, 15) is 9.90 Å². The Kier molecular flexibility index (Phi) is 5.77. The molecule has 27 heavy (non-hydrogen) atoms. The quantitative estimate of drug-likeness (QED) is 0.872. The predicted octanol–water partition coefficient (Wildman–Crippen LogP) is 1.90. The van der Waals surface area contributed by atoms with Gasteiger partial charge in [-0.05, 0) is 24.6 Å². The van der Waals surface area contributed by atoms with Crippen molar-refractivity contribution in [3.05, 3.63) is 59.3 Å². The highest BCUT2D eigenvalue weighted by atomic mass is 16.5. The summed E-state index contributed by atoms with van der Waals surface area (Å²) in [6, 6.07) is 11.8. The number of rotatable bonds is 5. The van der Waals surface area contributed by atoms with E-state index in [2.05, 4.69) is 11.1 Å². The number of nitrogens with zero attached hydrogens (tertiary/aromatic N) is 3. The molecule has 0 saturated carbocycles. The molecule has 1 atom stereocenters. The molecule has 2 aromatic rings. The molecule has 0 spiro atoms. The van der Waals surface area contributed by atoms with E-state index in [0.717, 1.165) is 16.9 Å². The van der Waals surface area contributed by atoms with Crippen LogP contribution < -0.4 is 4.90 Å². The first-order valence-electron chi connectivity index (χ1n) is 9.15. The highest BCUT2D eigenvalue weighted by Crippen LogP contribution is 2.25. The van der Waals surface area contributed by atoms with Crippen LogP contribution in [0.5, 0.6) is 0 Å². The number of aliphatic hydroxyl groups excluding tert-OH is 1. The van der Waals surface area contributed by atoms with Crippen molar-refractivity contribution < 1.29 is 14.6 Å². The number of carbonyl (C=O) groups excluding carboxylic acids is 1. The first-order chi connectivity index (χ1) is 12.9. The Hall–Kier alpha value is -2.44. The Balaban J connectivity index is 1.76. The SMILES string of the molecule is Cc1cccc(C[C@]2(CO)CN(C(=O)c3ccc(N(C)C)nc3)CCO2)c1. The van der Waals surface area contributed by atoms with E-state index in [1.807, 2.05) is 50.2 Å². The van der Waals surface area contributed by atoms with Gasteiger partial charge in [0.25, 0.3) is 5.91 Å². The van der Waals surface area contributed by atoms with Gasteiger partial charge < -0.3 is 19.6 Å². The topological polar surface area (TPSA) is 65.9 Å². The van der Waals surface area contributed by atoms with Gasteiger partial charge in [0, 0.05) is 33.3 Å². The summed E-state index contributed by atoms with van der Waals surface area (Å²) in [5, 5.41) is 10.1. The molecule has 144 valence electrons. The highest BCUT2D eigenvalue weighted by molar-refractivity contribution is 5.94. The number of aryl methyl sites for hydroxylation is 1. The van der Waals surface area contributed by atoms with Gasteiger partial charge in [0.1, 0.15) is 11.4 Å². The standard InChI is InChI=1S/C21H27N3O3/c1-16-5-4-6-17(11-16)12-21(15-25)14-24(9-10-27-21)20(26)18-7-8-19(22-13-18)23(2)3/h4-8,11,13,25H,9-10,12,14-15H2,1-3H3/t21-/m1/s1. The van der Waals surface area contributed by atoms with E-state index in [0.29, 0.717) is 31.7 Å². The number of carbonyl (C=O) groups is 1. The van der Waals surface area contributed by atoms with E-state index in [1.54, 1.807) is 17.2 Å². The third-order valence-electron chi connectivity index (χ3n) is 4.89. The lowest BCUT2D eigenvalue weighted by atomic mass is 9.92. The van der Waals surface area contributed by atoms with Gasteiger partial charge >= 0.3 is 0 Å². The Morgan fingerprint density at radius 1 is 1.33 bits per heavy atom. The summed E-state index contributed by atoms with van der Waals surface area (Å²) in [5.74, 6) is 0.718. The lowest BCUT2D eigenvalue weighted by molar-refractivity contribution is -0.123. The van der Waals surface area contributed by atoms with Gasteiger partial charge in [0.15, 0.2) is 0 Å². The van der Waals surface area contributed by atoms with Crippen LogP contribution in [0.25, 0.3) is 0 Å². The summed E-state index contributed by atoms with van der Waals surface area (Å²) in [7, 11) is 3.82. The van der Waals surface area contributed by atoms with Crippen molar-refractivity contribution in [2.24, 2.45) is 0 Å². The van der Waals surface area contributed by atoms with Crippen molar-refractivity contribution in [2.75, 3.05) is 45.3 Å². The molecule has 1 aromatic heterocycles. The van der Waals surface area contributed by atoms with Crippen LogP contribution in [0.3, 0.4) is 0 Å². The van der Waals surface area contributed by atoms with Crippen LogP contribution in [0.1, 0.15) is 21.5 Å².